The summed E-state index contributed by atoms with van der Waals surface area (Å²) in [6, 6.07) is 56.1. The van der Waals surface area contributed by atoms with Gasteiger partial charge in [-0.15, -0.1) is 11.3 Å². The van der Waals surface area contributed by atoms with Gasteiger partial charge in [0.1, 0.15) is 0 Å². The van der Waals surface area contributed by atoms with Crippen molar-refractivity contribution >= 4 is 85.3 Å². The van der Waals surface area contributed by atoms with Crippen LogP contribution in [0.3, 0.4) is 0 Å². The van der Waals surface area contributed by atoms with Crippen LogP contribution in [0.2, 0.25) is 0 Å². The number of hydrogen-bond acceptors (Lipinski definition) is 8. The van der Waals surface area contributed by atoms with Crippen LogP contribution < -0.4 is 15.2 Å². The molecule has 11 rings (SSSR count). The van der Waals surface area contributed by atoms with Crippen LogP contribution in [-0.4, -0.2) is 16.8 Å². The van der Waals surface area contributed by atoms with Crippen LogP contribution in [0, 0.1) is 0 Å². The molecule has 59 heavy (non-hydrogen) atoms. The van der Waals surface area contributed by atoms with E-state index in [1.165, 1.54) is 0 Å². The Morgan fingerprint density at radius 1 is 0.356 bits per heavy atom. The fourth-order valence-electron chi connectivity index (χ4n) is 8.35. The fraction of sp³-hybridized carbons (Fsp3) is 0. The van der Waals surface area contributed by atoms with E-state index in [0.29, 0.717) is 33.5 Å². The summed E-state index contributed by atoms with van der Waals surface area (Å²) in [5.74, 6) is 0. The van der Waals surface area contributed by atoms with Gasteiger partial charge in [0.2, 0.25) is 19.7 Å². The molecule has 0 radical (unpaired) electrons. The Kier molecular flexibility index (Phi) is 7.83. The van der Waals surface area contributed by atoms with Gasteiger partial charge in [0.05, 0.1) is 42.3 Å². The monoisotopic (exact) mass is 822 g/mol. The first-order chi connectivity index (χ1) is 28.7. The Morgan fingerprint density at radius 2 is 0.661 bits per heavy atom. The van der Waals surface area contributed by atoms with Crippen LogP contribution in [0.4, 0.5) is 34.1 Å². The van der Waals surface area contributed by atoms with Crippen molar-refractivity contribution in [1.82, 2.24) is 0 Å². The number of fused-ring (bicyclic) bond motifs is 6. The van der Waals surface area contributed by atoms with E-state index in [9.17, 15) is 21.6 Å². The maximum atomic E-state index is 14.2. The van der Waals surface area contributed by atoms with Gasteiger partial charge >= 0.3 is 0 Å². The molecular formula is C49H30N2O5S3. The van der Waals surface area contributed by atoms with Gasteiger partial charge in [0.15, 0.2) is 5.43 Å². The molecule has 1 aromatic heterocycles. The standard InChI is InChI=1S/C49H30N2O5S3/c52-49-37-29-33(31-17-23-35(24-18-31)50-39-9-1-5-13-45(39)58(53,54)46-14-6-2-10-40(46)50)21-27-43(37)57-44-28-22-34(30-38(44)49)32-19-25-36(26-20-32)51-41-11-3-7-15-47(41)59(55,56)48-16-8-4-12-42(48)51/h1-30H. The second-order valence-corrected chi connectivity index (χ2v) is 19.4. The van der Waals surface area contributed by atoms with Gasteiger partial charge in [0.25, 0.3) is 0 Å². The van der Waals surface area contributed by atoms with Crippen molar-refractivity contribution in [1.29, 1.82) is 0 Å². The van der Waals surface area contributed by atoms with Gasteiger partial charge in [-0.2, -0.15) is 0 Å². The van der Waals surface area contributed by atoms with Crippen LogP contribution in [0.25, 0.3) is 42.4 Å². The van der Waals surface area contributed by atoms with E-state index in [0.717, 1.165) is 43.0 Å². The van der Waals surface area contributed by atoms with Crippen LogP contribution in [0.15, 0.2) is 206 Å². The Hall–Kier alpha value is -6.85. The smallest absolute Gasteiger partial charge is 0.210 e. The maximum absolute atomic E-state index is 14.2. The Balaban J connectivity index is 0.932. The topological polar surface area (TPSA) is 91.8 Å². The molecule has 0 bridgehead atoms. The second kappa shape index (κ2) is 13.1. The zero-order chi connectivity index (χ0) is 40.0. The highest BCUT2D eigenvalue weighted by Crippen LogP contribution is 2.49. The number of sulfone groups is 2. The zero-order valence-corrected chi connectivity index (χ0v) is 33.4. The lowest BCUT2D eigenvalue weighted by molar-refractivity contribution is 0.593. The molecule has 0 unspecified atom stereocenters. The first-order valence-electron chi connectivity index (χ1n) is 18.9. The lowest BCUT2D eigenvalue weighted by atomic mass is 10.0. The summed E-state index contributed by atoms with van der Waals surface area (Å²) in [6.45, 7) is 0. The van der Waals surface area contributed by atoms with Crippen molar-refractivity contribution in [3.63, 3.8) is 0 Å². The third-order valence-electron chi connectivity index (χ3n) is 11.2. The van der Waals surface area contributed by atoms with E-state index in [1.54, 1.807) is 59.9 Å². The predicted molar refractivity (Wildman–Crippen MR) is 237 cm³/mol. The van der Waals surface area contributed by atoms with Gasteiger partial charge in [-0.1, -0.05) is 84.9 Å². The minimum atomic E-state index is -3.67. The van der Waals surface area contributed by atoms with Crippen molar-refractivity contribution in [2.45, 2.75) is 19.6 Å². The SMILES string of the molecule is O=c1c2cc(-c3ccc(N4c5ccccc5S(=O)(=O)c5ccccc54)cc3)ccc2sc2ccc(-c3ccc(N4c5ccccc5S(=O)(=O)c5ccccc54)cc3)cc12. The summed E-state index contributed by atoms with van der Waals surface area (Å²) in [5.41, 5.74) is 7.64. The van der Waals surface area contributed by atoms with Crippen molar-refractivity contribution in [2.24, 2.45) is 0 Å². The van der Waals surface area contributed by atoms with Crippen LogP contribution in [0.5, 0.6) is 0 Å². The summed E-state index contributed by atoms with van der Waals surface area (Å²) in [5, 5.41) is 1.27. The molecule has 2 aliphatic rings. The molecule has 0 aliphatic carbocycles. The molecule has 0 fully saturated rings. The zero-order valence-electron chi connectivity index (χ0n) is 31.0. The number of anilines is 6. The van der Waals surface area contributed by atoms with E-state index >= 15 is 0 Å². The molecule has 0 N–H and O–H groups in total. The summed E-state index contributed by atoms with van der Waals surface area (Å²) < 4.78 is 55.8. The normalized spacial score (nSPS) is 14.6. The van der Waals surface area contributed by atoms with Gasteiger partial charge in [-0.05, 0) is 119 Å². The summed E-state index contributed by atoms with van der Waals surface area (Å²) in [4.78, 5) is 19.3. The molecule has 0 atom stereocenters. The molecule has 7 nitrogen and oxygen atoms in total. The van der Waals surface area contributed by atoms with E-state index in [4.69, 9.17) is 0 Å². The molecule has 284 valence electrons. The summed E-state index contributed by atoms with van der Waals surface area (Å²) in [6.07, 6.45) is 0. The molecular weight excluding hydrogens is 793 g/mol. The molecule has 0 saturated heterocycles. The van der Waals surface area contributed by atoms with Gasteiger partial charge in [0, 0.05) is 31.5 Å². The van der Waals surface area contributed by atoms with Gasteiger partial charge < -0.3 is 9.80 Å². The molecule has 10 heteroatoms. The fourth-order valence-corrected chi connectivity index (χ4v) is 12.6. The molecule has 0 amide bonds. The number of nitrogens with zero attached hydrogens (tertiary/aromatic N) is 2. The molecule has 9 aromatic rings. The lowest BCUT2D eigenvalue weighted by Gasteiger charge is -2.33. The van der Waals surface area contributed by atoms with Crippen molar-refractivity contribution in [3.05, 3.63) is 192 Å². The highest BCUT2D eigenvalue weighted by Gasteiger charge is 2.35. The van der Waals surface area contributed by atoms with E-state index < -0.39 is 19.7 Å². The molecule has 0 spiro atoms. The highest BCUT2D eigenvalue weighted by atomic mass is 32.2. The van der Waals surface area contributed by atoms with Crippen LogP contribution in [0.1, 0.15) is 0 Å². The molecule has 8 aromatic carbocycles. The summed E-state index contributed by atoms with van der Waals surface area (Å²) in [7, 11) is -7.34. The number of para-hydroxylation sites is 4. The molecule has 2 aliphatic heterocycles. The number of rotatable bonds is 4. The quantitative estimate of drug-likeness (QED) is 0.163. The van der Waals surface area contributed by atoms with Crippen molar-refractivity contribution < 1.29 is 16.8 Å². The minimum absolute atomic E-state index is 0.0452. The maximum Gasteiger partial charge on any atom is 0.210 e. The van der Waals surface area contributed by atoms with E-state index in [2.05, 4.69) is 0 Å². The predicted octanol–water partition coefficient (Wildman–Crippen LogP) is 12.0. The molecule has 3 heterocycles. The largest absolute Gasteiger partial charge is 0.308 e. The van der Waals surface area contributed by atoms with Gasteiger partial charge in [-0.25, -0.2) is 16.8 Å². The van der Waals surface area contributed by atoms with Crippen LogP contribution in [-0.2, 0) is 19.7 Å². The first-order valence-corrected chi connectivity index (χ1v) is 22.6. The van der Waals surface area contributed by atoms with Gasteiger partial charge in [-0.3, -0.25) is 4.79 Å². The summed E-state index contributed by atoms with van der Waals surface area (Å²) >= 11 is 1.58. The minimum Gasteiger partial charge on any atom is -0.308 e. The average molecular weight is 823 g/mol. The first kappa shape index (κ1) is 35.3. The van der Waals surface area contributed by atoms with E-state index in [1.807, 2.05) is 143 Å². The Labute approximate surface area is 344 Å². The molecule has 0 saturated carbocycles. The third kappa shape index (κ3) is 5.41. The number of hydrogen-bond donors (Lipinski definition) is 0. The lowest BCUT2D eigenvalue weighted by Crippen LogP contribution is -2.21. The second-order valence-electron chi connectivity index (χ2n) is 14.5. The Bertz CT molecular complexity index is 3170. The van der Waals surface area contributed by atoms with Crippen molar-refractivity contribution in [2.75, 3.05) is 9.80 Å². The van der Waals surface area contributed by atoms with Crippen LogP contribution >= 0.6 is 11.3 Å². The number of benzene rings is 8. The highest BCUT2D eigenvalue weighted by molar-refractivity contribution is 7.92. The van der Waals surface area contributed by atoms with E-state index in [-0.39, 0.29) is 25.0 Å². The third-order valence-corrected chi connectivity index (χ3v) is 16.0. The Morgan fingerprint density at radius 3 is 1.00 bits per heavy atom. The van der Waals surface area contributed by atoms with Crippen molar-refractivity contribution in [3.8, 4) is 22.3 Å². The average Bonchev–Trinajstić information content (AvgIpc) is 3.27.